The van der Waals surface area contributed by atoms with E-state index >= 15 is 0 Å². The van der Waals surface area contributed by atoms with Crippen LogP contribution in [0.4, 0.5) is 0 Å². The Bertz CT molecular complexity index is 2120. The molecular formula is C37H23NOS. The average Bonchev–Trinajstić information content (AvgIpc) is 3.63. The number of thiophene rings is 1. The Morgan fingerprint density at radius 1 is 0.475 bits per heavy atom. The highest BCUT2D eigenvalue weighted by atomic mass is 32.1. The zero-order valence-corrected chi connectivity index (χ0v) is 22.4. The van der Waals surface area contributed by atoms with Crippen LogP contribution < -0.4 is 0 Å². The first-order valence-electron chi connectivity index (χ1n) is 13.4. The largest absolute Gasteiger partial charge is 0.436 e. The van der Waals surface area contributed by atoms with E-state index in [9.17, 15) is 0 Å². The number of hydrogen-bond donors (Lipinski definition) is 0. The fraction of sp³-hybridized carbons (Fsp3) is 0. The maximum Gasteiger partial charge on any atom is 0.227 e. The zero-order valence-electron chi connectivity index (χ0n) is 21.5. The Hall–Kier alpha value is -4.99. The quantitative estimate of drug-likeness (QED) is 0.227. The Kier molecular flexibility index (Phi) is 5.35. The highest BCUT2D eigenvalue weighted by molar-refractivity contribution is 7.26. The van der Waals surface area contributed by atoms with Crippen LogP contribution >= 0.6 is 11.3 Å². The molecule has 8 aromatic rings. The number of rotatable bonds is 4. The molecule has 40 heavy (non-hydrogen) atoms. The summed E-state index contributed by atoms with van der Waals surface area (Å²) in [6, 6.07) is 49.3. The van der Waals surface area contributed by atoms with Crippen molar-refractivity contribution in [3.8, 4) is 44.8 Å². The summed E-state index contributed by atoms with van der Waals surface area (Å²) < 4.78 is 8.70. The lowest BCUT2D eigenvalue weighted by molar-refractivity contribution is 0.620. The van der Waals surface area contributed by atoms with Gasteiger partial charge in [-0.3, -0.25) is 0 Å². The van der Waals surface area contributed by atoms with Crippen LogP contribution in [0.3, 0.4) is 0 Å². The van der Waals surface area contributed by atoms with Crippen molar-refractivity contribution in [3.05, 3.63) is 140 Å². The first-order valence-corrected chi connectivity index (χ1v) is 14.2. The maximum absolute atomic E-state index is 6.12. The molecule has 0 radical (unpaired) electrons. The van der Waals surface area contributed by atoms with E-state index in [1.54, 1.807) is 0 Å². The fourth-order valence-corrected chi connectivity index (χ4v) is 6.72. The van der Waals surface area contributed by atoms with E-state index in [1.807, 2.05) is 35.6 Å². The van der Waals surface area contributed by atoms with Gasteiger partial charge in [-0.1, -0.05) is 91.0 Å². The molecule has 0 unspecified atom stereocenters. The summed E-state index contributed by atoms with van der Waals surface area (Å²) in [6.07, 6.45) is 0. The van der Waals surface area contributed by atoms with Crippen molar-refractivity contribution < 1.29 is 4.42 Å². The summed E-state index contributed by atoms with van der Waals surface area (Å²) >= 11 is 1.86. The van der Waals surface area contributed by atoms with E-state index in [2.05, 4.69) is 115 Å². The van der Waals surface area contributed by atoms with Crippen molar-refractivity contribution in [1.82, 2.24) is 4.98 Å². The molecule has 0 saturated heterocycles. The van der Waals surface area contributed by atoms with Gasteiger partial charge in [0, 0.05) is 31.3 Å². The Morgan fingerprint density at radius 3 is 1.95 bits per heavy atom. The number of aromatic nitrogens is 1. The molecule has 3 heteroatoms. The summed E-state index contributed by atoms with van der Waals surface area (Å²) in [7, 11) is 0. The van der Waals surface area contributed by atoms with E-state index in [1.165, 1.54) is 48.0 Å². The maximum atomic E-state index is 6.12. The molecule has 0 aliphatic carbocycles. The van der Waals surface area contributed by atoms with Gasteiger partial charge in [0.15, 0.2) is 5.58 Å². The molecule has 0 aliphatic heterocycles. The molecule has 0 spiro atoms. The van der Waals surface area contributed by atoms with Crippen molar-refractivity contribution in [2.24, 2.45) is 0 Å². The Morgan fingerprint density at radius 2 is 1.15 bits per heavy atom. The van der Waals surface area contributed by atoms with Crippen LogP contribution in [0, 0.1) is 0 Å². The van der Waals surface area contributed by atoms with Crippen molar-refractivity contribution in [2.75, 3.05) is 0 Å². The standard InChI is InChI=1S/C37H23NOS/c1-3-10-24(11-4-1)26-18-19-35-31(21-26)32-23-29(25-12-5-2-6-13-25)22-30(36(32)40-35)27-14-9-15-28(20-27)37-38-33-16-7-8-17-34(33)39-37/h1-23H. The lowest BCUT2D eigenvalue weighted by Crippen LogP contribution is -1.85. The van der Waals surface area contributed by atoms with Gasteiger partial charge in [0.2, 0.25) is 5.89 Å². The molecule has 8 rings (SSSR count). The number of nitrogens with zero attached hydrogens (tertiary/aromatic N) is 1. The monoisotopic (exact) mass is 529 g/mol. The fourth-order valence-electron chi connectivity index (χ4n) is 5.52. The van der Waals surface area contributed by atoms with Crippen LogP contribution in [0.5, 0.6) is 0 Å². The van der Waals surface area contributed by atoms with Crippen molar-refractivity contribution >= 4 is 42.6 Å². The number of oxazole rings is 1. The van der Waals surface area contributed by atoms with E-state index in [0.717, 1.165) is 22.2 Å². The number of benzene rings is 6. The second-order valence-corrected chi connectivity index (χ2v) is 11.1. The summed E-state index contributed by atoms with van der Waals surface area (Å²) in [6.45, 7) is 0. The molecule has 0 amide bonds. The molecule has 0 bridgehead atoms. The summed E-state index contributed by atoms with van der Waals surface area (Å²) in [4.78, 5) is 4.75. The van der Waals surface area contributed by atoms with E-state index in [4.69, 9.17) is 9.40 Å². The first-order chi connectivity index (χ1) is 19.8. The predicted octanol–water partition coefficient (Wildman–Crippen LogP) is 10.9. The summed E-state index contributed by atoms with van der Waals surface area (Å²) in [5.74, 6) is 0.641. The van der Waals surface area contributed by atoms with Crippen molar-refractivity contribution in [3.63, 3.8) is 0 Å². The van der Waals surface area contributed by atoms with Gasteiger partial charge in [-0.25, -0.2) is 4.98 Å². The second-order valence-electron chi connectivity index (χ2n) is 10.0. The molecule has 6 aromatic carbocycles. The Balaban J connectivity index is 1.36. The van der Waals surface area contributed by atoms with Crippen LogP contribution in [0.15, 0.2) is 144 Å². The number of fused-ring (bicyclic) bond motifs is 4. The second kappa shape index (κ2) is 9.33. The van der Waals surface area contributed by atoms with Crippen LogP contribution in [-0.2, 0) is 0 Å². The molecule has 0 saturated carbocycles. The van der Waals surface area contributed by atoms with E-state index in [-0.39, 0.29) is 0 Å². The molecule has 0 atom stereocenters. The lowest BCUT2D eigenvalue weighted by atomic mass is 9.94. The van der Waals surface area contributed by atoms with Crippen LogP contribution in [-0.4, -0.2) is 4.98 Å². The third-order valence-corrected chi connectivity index (χ3v) is 8.72. The highest BCUT2D eigenvalue weighted by Gasteiger charge is 2.16. The van der Waals surface area contributed by atoms with E-state index < -0.39 is 0 Å². The van der Waals surface area contributed by atoms with Gasteiger partial charge in [0.1, 0.15) is 5.52 Å². The third kappa shape index (κ3) is 3.91. The normalized spacial score (nSPS) is 11.5. The average molecular weight is 530 g/mol. The van der Waals surface area contributed by atoms with Crippen molar-refractivity contribution in [2.45, 2.75) is 0 Å². The third-order valence-electron chi connectivity index (χ3n) is 7.50. The SMILES string of the molecule is c1ccc(-c2ccc3sc4c(-c5cccc(-c6nc7ccccc7o6)c5)cc(-c5ccccc5)cc4c3c2)cc1. The molecule has 2 aromatic heterocycles. The van der Waals surface area contributed by atoms with Gasteiger partial charge in [0.05, 0.1) is 0 Å². The minimum Gasteiger partial charge on any atom is -0.436 e. The predicted molar refractivity (Wildman–Crippen MR) is 169 cm³/mol. The molecule has 0 fully saturated rings. The smallest absolute Gasteiger partial charge is 0.227 e. The van der Waals surface area contributed by atoms with E-state index in [0.29, 0.717) is 5.89 Å². The summed E-state index contributed by atoms with van der Waals surface area (Å²) in [5, 5.41) is 2.57. The molecule has 0 aliphatic rings. The number of hydrogen-bond acceptors (Lipinski definition) is 3. The minimum atomic E-state index is 0.641. The first kappa shape index (κ1) is 22.9. The van der Waals surface area contributed by atoms with Crippen LogP contribution in [0.25, 0.3) is 76.1 Å². The van der Waals surface area contributed by atoms with Gasteiger partial charge in [-0.15, -0.1) is 11.3 Å². The van der Waals surface area contributed by atoms with Gasteiger partial charge >= 0.3 is 0 Å². The van der Waals surface area contributed by atoms with Gasteiger partial charge in [0.25, 0.3) is 0 Å². The van der Waals surface area contributed by atoms with Crippen molar-refractivity contribution in [1.29, 1.82) is 0 Å². The molecule has 2 nitrogen and oxygen atoms in total. The van der Waals surface area contributed by atoms with Crippen LogP contribution in [0.1, 0.15) is 0 Å². The van der Waals surface area contributed by atoms with Gasteiger partial charge in [-0.2, -0.15) is 0 Å². The number of para-hydroxylation sites is 2. The lowest BCUT2D eigenvalue weighted by Gasteiger charge is -2.10. The van der Waals surface area contributed by atoms with Gasteiger partial charge in [-0.05, 0) is 76.3 Å². The highest BCUT2D eigenvalue weighted by Crippen LogP contribution is 2.44. The van der Waals surface area contributed by atoms with Crippen LogP contribution in [0.2, 0.25) is 0 Å². The molecule has 2 heterocycles. The zero-order chi connectivity index (χ0) is 26.5. The molecular weight excluding hydrogens is 506 g/mol. The Labute approximate surface area is 235 Å². The molecule has 0 N–H and O–H groups in total. The topological polar surface area (TPSA) is 26.0 Å². The van der Waals surface area contributed by atoms with Gasteiger partial charge < -0.3 is 4.42 Å². The molecule has 188 valence electrons. The summed E-state index contributed by atoms with van der Waals surface area (Å²) in [5.41, 5.74) is 9.89. The minimum absolute atomic E-state index is 0.641.